The summed E-state index contributed by atoms with van der Waals surface area (Å²) in [5.74, 6) is -1.76. The maximum atomic E-state index is 11.9. The molecule has 0 saturated carbocycles. The highest BCUT2D eigenvalue weighted by Crippen LogP contribution is 2.25. The van der Waals surface area contributed by atoms with Crippen molar-refractivity contribution in [2.75, 3.05) is 6.61 Å². The van der Waals surface area contributed by atoms with E-state index in [0.29, 0.717) is 5.56 Å². The smallest absolute Gasteiger partial charge is 0.338 e. The zero-order chi connectivity index (χ0) is 18.4. The van der Waals surface area contributed by atoms with Crippen LogP contribution in [0.3, 0.4) is 0 Å². The van der Waals surface area contributed by atoms with Gasteiger partial charge in [0.15, 0.2) is 12.4 Å². The zero-order valence-corrected chi connectivity index (χ0v) is 13.9. The second kappa shape index (κ2) is 8.59. The van der Waals surface area contributed by atoms with Crippen molar-refractivity contribution in [2.24, 2.45) is 0 Å². The molecule has 0 aromatic heterocycles. The van der Waals surface area contributed by atoms with Crippen LogP contribution in [-0.2, 0) is 28.5 Å². The highest BCUT2D eigenvalue weighted by Gasteiger charge is 2.42. The van der Waals surface area contributed by atoms with E-state index >= 15 is 0 Å². The fourth-order valence-electron chi connectivity index (χ4n) is 2.49. The molecule has 0 bridgehead atoms. The Morgan fingerprint density at radius 3 is 2.36 bits per heavy atom. The van der Waals surface area contributed by atoms with Gasteiger partial charge >= 0.3 is 17.9 Å². The molecule has 0 aliphatic carbocycles. The van der Waals surface area contributed by atoms with Gasteiger partial charge in [0.25, 0.3) is 0 Å². The van der Waals surface area contributed by atoms with Crippen LogP contribution >= 0.6 is 0 Å². The molecule has 4 atom stereocenters. The van der Waals surface area contributed by atoms with E-state index in [1.807, 2.05) is 0 Å². The van der Waals surface area contributed by atoms with Gasteiger partial charge in [-0.2, -0.15) is 0 Å². The molecule has 1 heterocycles. The minimum absolute atomic E-state index is 0.108. The van der Waals surface area contributed by atoms with Crippen molar-refractivity contribution in [3.63, 3.8) is 0 Å². The third-order valence-corrected chi connectivity index (χ3v) is 3.50. The second-order valence-electron chi connectivity index (χ2n) is 5.57. The number of esters is 3. The maximum absolute atomic E-state index is 11.9. The molecule has 0 unspecified atom stereocenters. The minimum atomic E-state index is -1.50. The first kappa shape index (κ1) is 18.9. The molecule has 8 heteroatoms. The summed E-state index contributed by atoms with van der Waals surface area (Å²) < 4.78 is 20.5. The second-order valence-corrected chi connectivity index (χ2v) is 5.57. The first-order chi connectivity index (χ1) is 11.9. The van der Waals surface area contributed by atoms with Crippen LogP contribution in [0.25, 0.3) is 0 Å². The van der Waals surface area contributed by atoms with E-state index in [2.05, 4.69) is 0 Å². The summed E-state index contributed by atoms with van der Waals surface area (Å²) in [5.41, 5.74) is 0.383. The Kier molecular flexibility index (Phi) is 6.49. The van der Waals surface area contributed by atoms with Gasteiger partial charge in [0.05, 0.1) is 11.7 Å². The molecule has 1 aromatic carbocycles. The normalized spacial score (nSPS) is 25.7. The molecule has 1 aromatic rings. The van der Waals surface area contributed by atoms with Gasteiger partial charge in [0, 0.05) is 20.3 Å². The lowest BCUT2D eigenvalue weighted by molar-refractivity contribution is -0.262. The Morgan fingerprint density at radius 1 is 1.12 bits per heavy atom. The summed E-state index contributed by atoms with van der Waals surface area (Å²) in [6, 6.07) is 8.40. The molecule has 1 N–H and O–H groups in total. The first-order valence-corrected chi connectivity index (χ1v) is 7.77. The molecule has 1 aliphatic rings. The monoisotopic (exact) mass is 352 g/mol. The lowest BCUT2D eigenvalue weighted by atomic mass is 10.0. The Labute approximate surface area is 144 Å². The quantitative estimate of drug-likeness (QED) is 0.613. The summed E-state index contributed by atoms with van der Waals surface area (Å²) >= 11 is 0. The number of hydrogen-bond donors (Lipinski definition) is 1. The zero-order valence-electron chi connectivity index (χ0n) is 13.9. The number of aliphatic hydroxyl groups excluding tert-OH is 1. The fourth-order valence-corrected chi connectivity index (χ4v) is 2.49. The van der Waals surface area contributed by atoms with Gasteiger partial charge in [-0.15, -0.1) is 0 Å². The fraction of sp³-hybridized carbons (Fsp3) is 0.471. The van der Waals surface area contributed by atoms with Crippen molar-refractivity contribution in [2.45, 2.75) is 44.9 Å². The van der Waals surface area contributed by atoms with E-state index in [4.69, 9.17) is 18.9 Å². The van der Waals surface area contributed by atoms with Crippen LogP contribution in [0.1, 0.15) is 30.6 Å². The van der Waals surface area contributed by atoms with Crippen molar-refractivity contribution >= 4 is 17.9 Å². The Morgan fingerprint density at radius 2 is 1.76 bits per heavy atom. The predicted octanol–water partition coefficient (Wildman–Crippen LogP) is 0.814. The van der Waals surface area contributed by atoms with Gasteiger partial charge in [-0.1, -0.05) is 18.2 Å². The maximum Gasteiger partial charge on any atom is 0.338 e. The van der Waals surface area contributed by atoms with Crippen molar-refractivity contribution in [3.05, 3.63) is 35.9 Å². The molecule has 0 amide bonds. The van der Waals surface area contributed by atoms with E-state index in [-0.39, 0.29) is 13.0 Å². The number of aliphatic hydroxyl groups is 1. The summed E-state index contributed by atoms with van der Waals surface area (Å²) in [7, 11) is 0. The van der Waals surface area contributed by atoms with Crippen LogP contribution in [-0.4, -0.2) is 54.2 Å². The standard InChI is InChI=1S/C17H20O8/c1-10(18)23-14-8-13(25-17(21)15(14)24-11(2)19)9-22-16(20)12-6-4-3-5-7-12/h3-7,13-15,17,21H,8-9H2,1-2H3/t13-,14-,15-,17-/m0/s1. The summed E-state index contributed by atoms with van der Waals surface area (Å²) in [6.45, 7) is 2.23. The molecule has 136 valence electrons. The topological polar surface area (TPSA) is 108 Å². The number of rotatable bonds is 5. The SMILES string of the molecule is CC(=O)O[C@H]1[C@@H](OC(C)=O)C[C@@H](COC(=O)c2ccccc2)O[C@@H]1O. The van der Waals surface area contributed by atoms with Crippen molar-refractivity contribution in [1.82, 2.24) is 0 Å². The van der Waals surface area contributed by atoms with Crippen LogP contribution in [0.2, 0.25) is 0 Å². The molecule has 0 spiro atoms. The summed E-state index contributed by atoms with van der Waals surface area (Å²) in [6.07, 6.45) is -4.13. The molecule has 8 nitrogen and oxygen atoms in total. The molecule has 0 radical (unpaired) electrons. The van der Waals surface area contributed by atoms with Crippen molar-refractivity contribution < 1.29 is 38.4 Å². The van der Waals surface area contributed by atoms with E-state index < -0.39 is 42.5 Å². The van der Waals surface area contributed by atoms with Crippen LogP contribution in [0.4, 0.5) is 0 Å². The predicted molar refractivity (Wildman–Crippen MR) is 83.3 cm³/mol. The third kappa shape index (κ3) is 5.54. The van der Waals surface area contributed by atoms with Crippen molar-refractivity contribution in [3.8, 4) is 0 Å². The molecule has 1 saturated heterocycles. The van der Waals surface area contributed by atoms with Crippen LogP contribution in [0.5, 0.6) is 0 Å². The first-order valence-electron chi connectivity index (χ1n) is 7.77. The number of ether oxygens (including phenoxy) is 4. The van der Waals surface area contributed by atoms with E-state index in [0.717, 1.165) is 0 Å². The van der Waals surface area contributed by atoms with E-state index in [1.165, 1.54) is 13.8 Å². The average Bonchev–Trinajstić information content (AvgIpc) is 2.56. The summed E-state index contributed by atoms with van der Waals surface area (Å²) in [4.78, 5) is 34.3. The van der Waals surface area contributed by atoms with Gasteiger partial charge in [0.2, 0.25) is 0 Å². The largest absolute Gasteiger partial charge is 0.459 e. The minimum Gasteiger partial charge on any atom is -0.459 e. The molecular weight excluding hydrogens is 332 g/mol. The Bertz CT molecular complexity index is 614. The van der Waals surface area contributed by atoms with Gasteiger partial charge in [-0.05, 0) is 12.1 Å². The van der Waals surface area contributed by atoms with Gasteiger partial charge in [-0.3, -0.25) is 9.59 Å². The van der Waals surface area contributed by atoms with Crippen LogP contribution in [0.15, 0.2) is 30.3 Å². The number of hydrogen-bond acceptors (Lipinski definition) is 8. The lowest BCUT2D eigenvalue weighted by Gasteiger charge is -2.37. The number of benzene rings is 1. The molecule has 1 aliphatic heterocycles. The molecule has 2 rings (SSSR count). The third-order valence-electron chi connectivity index (χ3n) is 3.50. The van der Waals surface area contributed by atoms with Crippen LogP contribution < -0.4 is 0 Å². The Hall–Kier alpha value is -2.45. The number of carbonyl (C=O) groups is 3. The van der Waals surface area contributed by atoms with Gasteiger partial charge in [-0.25, -0.2) is 4.79 Å². The van der Waals surface area contributed by atoms with Crippen LogP contribution in [0, 0.1) is 0 Å². The van der Waals surface area contributed by atoms with E-state index in [9.17, 15) is 19.5 Å². The Balaban J connectivity index is 1.97. The van der Waals surface area contributed by atoms with Crippen molar-refractivity contribution in [1.29, 1.82) is 0 Å². The van der Waals surface area contributed by atoms with E-state index in [1.54, 1.807) is 30.3 Å². The molecule has 1 fully saturated rings. The lowest BCUT2D eigenvalue weighted by Crippen LogP contribution is -2.52. The highest BCUT2D eigenvalue weighted by molar-refractivity contribution is 5.89. The summed E-state index contributed by atoms with van der Waals surface area (Å²) in [5, 5.41) is 10.0. The number of carbonyl (C=O) groups excluding carboxylic acids is 3. The molecule has 25 heavy (non-hydrogen) atoms. The average molecular weight is 352 g/mol. The van der Waals surface area contributed by atoms with Gasteiger partial charge < -0.3 is 24.1 Å². The van der Waals surface area contributed by atoms with Gasteiger partial charge in [0.1, 0.15) is 12.7 Å². The molecular formula is C17H20O8. The highest BCUT2D eigenvalue weighted by atomic mass is 16.7.